The summed E-state index contributed by atoms with van der Waals surface area (Å²) in [6.45, 7) is 7.19. The van der Waals surface area contributed by atoms with Gasteiger partial charge in [0.1, 0.15) is 18.0 Å². The molecule has 4 nitrogen and oxygen atoms in total. The molecule has 1 aromatic heterocycles. The largest absolute Gasteiger partial charge is 0.383 e. The van der Waals surface area contributed by atoms with Crippen molar-refractivity contribution in [2.45, 2.75) is 33.6 Å². The number of aromatic nitrogens is 2. The van der Waals surface area contributed by atoms with Crippen LogP contribution in [0.3, 0.4) is 0 Å². The Morgan fingerprint density at radius 3 is 2.40 bits per heavy atom. The molecular formula is C16H22N4. The molecule has 20 heavy (non-hydrogen) atoms. The molecule has 2 N–H and O–H groups in total. The predicted octanol–water partition coefficient (Wildman–Crippen LogP) is 3.48. The number of nitrogens with two attached hydrogens (primary N) is 1. The fraction of sp³-hybridized carbons (Fsp3) is 0.375. The maximum Gasteiger partial charge on any atom is 0.141 e. The lowest BCUT2D eigenvalue weighted by Gasteiger charge is -2.25. The van der Waals surface area contributed by atoms with E-state index in [-0.39, 0.29) is 0 Å². The molecule has 0 saturated carbocycles. The Morgan fingerprint density at radius 1 is 1.10 bits per heavy atom. The SMILES string of the molecule is CCCc1c(N)ncnc1N(CC)c1ccc(C)cc1. The molecule has 0 aliphatic carbocycles. The molecule has 0 aliphatic rings. The zero-order chi connectivity index (χ0) is 14.5. The van der Waals surface area contributed by atoms with Crippen molar-refractivity contribution in [3.8, 4) is 0 Å². The van der Waals surface area contributed by atoms with Crippen LogP contribution in [0.25, 0.3) is 0 Å². The van der Waals surface area contributed by atoms with E-state index in [1.807, 2.05) is 0 Å². The van der Waals surface area contributed by atoms with Crippen LogP contribution in [0.2, 0.25) is 0 Å². The van der Waals surface area contributed by atoms with Crippen molar-refractivity contribution in [3.63, 3.8) is 0 Å². The van der Waals surface area contributed by atoms with Gasteiger partial charge < -0.3 is 10.6 Å². The summed E-state index contributed by atoms with van der Waals surface area (Å²) >= 11 is 0. The monoisotopic (exact) mass is 270 g/mol. The van der Waals surface area contributed by atoms with E-state index < -0.39 is 0 Å². The lowest BCUT2D eigenvalue weighted by Crippen LogP contribution is -2.20. The number of nitrogens with zero attached hydrogens (tertiary/aromatic N) is 3. The van der Waals surface area contributed by atoms with Crippen LogP contribution in [0, 0.1) is 6.92 Å². The number of anilines is 3. The van der Waals surface area contributed by atoms with Crippen molar-refractivity contribution in [2.75, 3.05) is 17.2 Å². The van der Waals surface area contributed by atoms with Crippen LogP contribution < -0.4 is 10.6 Å². The summed E-state index contributed by atoms with van der Waals surface area (Å²) in [5.74, 6) is 1.51. The van der Waals surface area contributed by atoms with E-state index in [1.54, 1.807) is 6.33 Å². The molecule has 2 aromatic rings. The summed E-state index contributed by atoms with van der Waals surface area (Å²) in [6.07, 6.45) is 3.46. The lowest BCUT2D eigenvalue weighted by molar-refractivity contribution is 0.880. The molecule has 4 heteroatoms. The molecule has 0 saturated heterocycles. The predicted molar refractivity (Wildman–Crippen MR) is 84.3 cm³/mol. The maximum atomic E-state index is 6.02. The van der Waals surface area contributed by atoms with E-state index >= 15 is 0 Å². The van der Waals surface area contributed by atoms with E-state index in [9.17, 15) is 0 Å². The van der Waals surface area contributed by atoms with Gasteiger partial charge in [0.25, 0.3) is 0 Å². The molecule has 0 aliphatic heterocycles. The number of benzene rings is 1. The minimum atomic E-state index is 0.586. The van der Waals surface area contributed by atoms with E-state index in [2.05, 4.69) is 59.9 Å². The molecule has 0 unspecified atom stereocenters. The number of nitrogen functional groups attached to an aromatic ring is 1. The first-order chi connectivity index (χ1) is 9.67. The second kappa shape index (κ2) is 6.37. The third-order valence-corrected chi connectivity index (χ3v) is 3.37. The van der Waals surface area contributed by atoms with Gasteiger partial charge in [-0.05, 0) is 32.4 Å². The zero-order valence-corrected chi connectivity index (χ0v) is 12.4. The first-order valence-electron chi connectivity index (χ1n) is 7.10. The Hall–Kier alpha value is -2.10. The quantitative estimate of drug-likeness (QED) is 0.903. The third-order valence-electron chi connectivity index (χ3n) is 3.37. The van der Waals surface area contributed by atoms with Crippen molar-refractivity contribution in [3.05, 3.63) is 41.7 Å². The number of hydrogen-bond acceptors (Lipinski definition) is 4. The first kappa shape index (κ1) is 14.3. The second-order valence-corrected chi connectivity index (χ2v) is 4.89. The molecule has 0 fully saturated rings. The van der Waals surface area contributed by atoms with E-state index in [4.69, 9.17) is 5.73 Å². The molecule has 0 bridgehead atoms. The van der Waals surface area contributed by atoms with Gasteiger partial charge in [-0.25, -0.2) is 9.97 Å². The summed E-state index contributed by atoms with van der Waals surface area (Å²) in [5, 5.41) is 0. The Balaban J connectivity index is 2.46. The van der Waals surface area contributed by atoms with Gasteiger partial charge in [0.05, 0.1) is 0 Å². The zero-order valence-electron chi connectivity index (χ0n) is 12.4. The summed E-state index contributed by atoms with van der Waals surface area (Å²) in [7, 11) is 0. The fourth-order valence-corrected chi connectivity index (χ4v) is 2.32. The Labute approximate surface area is 120 Å². The second-order valence-electron chi connectivity index (χ2n) is 4.89. The summed E-state index contributed by atoms with van der Waals surface area (Å²) in [4.78, 5) is 10.8. The lowest BCUT2D eigenvalue weighted by atomic mass is 10.1. The third kappa shape index (κ3) is 2.90. The van der Waals surface area contributed by atoms with Gasteiger partial charge in [-0.1, -0.05) is 31.0 Å². The van der Waals surface area contributed by atoms with Crippen molar-refractivity contribution in [2.24, 2.45) is 0 Å². The van der Waals surface area contributed by atoms with Gasteiger partial charge in [0.15, 0.2) is 0 Å². The van der Waals surface area contributed by atoms with Crippen LogP contribution >= 0.6 is 0 Å². The van der Waals surface area contributed by atoms with Gasteiger partial charge in [-0.15, -0.1) is 0 Å². The standard InChI is InChI=1S/C16H22N4/c1-4-6-14-15(17)18-11-19-16(14)20(5-2)13-9-7-12(3)8-10-13/h7-11H,4-6H2,1-3H3,(H2,17,18,19). The average Bonchev–Trinajstić information content (AvgIpc) is 2.45. The Bertz CT molecular complexity index is 563. The fourth-order valence-electron chi connectivity index (χ4n) is 2.32. The van der Waals surface area contributed by atoms with Gasteiger partial charge >= 0.3 is 0 Å². The number of aryl methyl sites for hydroxylation is 1. The van der Waals surface area contributed by atoms with Crippen molar-refractivity contribution < 1.29 is 0 Å². The van der Waals surface area contributed by atoms with Gasteiger partial charge in [-0.3, -0.25) is 0 Å². The summed E-state index contributed by atoms with van der Waals surface area (Å²) in [5.41, 5.74) is 9.45. The molecule has 106 valence electrons. The van der Waals surface area contributed by atoms with Crippen LogP contribution in [-0.4, -0.2) is 16.5 Å². The smallest absolute Gasteiger partial charge is 0.141 e. The van der Waals surface area contributed by atoms with Crippen LogP contribution in [-0.2, 0) is 6.42 Å². The maximum absolute atomic E-state index is 6.02. The minimum Gasteiger partial charge on any atom is -0.383 e. The molecule has 2 rings (SSSR count). The average molecular weight is 270 g/mol. The summed E-state index contributed by atoms with van der Waals surface area (Å²) < 4.78 is 0. The Morgan fingerprint density at radius 2 is 1.80 bits per heavy atom. The highest BCUT2D eigenvalue weighted by Crippen LogP contribution is 2.29. The van der Waals surface area contributed by atoms with Gasteiger partial charge in [0, 0.05) is 17.8 Å². The summed E-state index contributed by atoms with van der Waals surface area (Å²) in [6, 6.07) is 8.46. The molecule has 0 spiro atoms. The van der Waals surface area contributed by atoms with E-state index in [0.717, 1.165) is 36.5 Å². The Kier molecular flexibility index (Phi) is 4.56. The van der Waals surface area contributed by atoms with E-state index in [0.29, 0.717) is 5.82 Å². The topological polar surface area (TPSA) is 55.0 Å². The van der Waals surface area contributed by atoms with Gasteiger partial charge in [0.2, 0.25) is 0 Å². The van der Waals surface area contributed by atoms with Crippen LogP contribution in [0.15, 0.2) is 30.6 Å². The minimum absolute atomic E-state index is 0.586. The van der Waals surface area contributed by atoms with Crippen molar-refractivity contribution in [1.82, 2.24) is 9.97 Å². The van der Waals surface area contributed by atoms with Crippen molar-refractivity contribution in [1.29, 1.82) is 0 Å². The molecule has 1 heterocycles. The normalized spacial score (nSPS) is 10.6. The van der Waals surface area contributed by atoms with Crippen LogP contribution in [0.5, 0.6) is 0 Å². The highest BCUT2D eigenvalue weighted by Gasteiger charge is 2.15. The van der Waals surface area contributed by atoms with Crippen molar-refractivity contribution >= 4 is 17.3 Å². The van der Waals surface area contributed by atoms with Crippen LogP contribution in [0.1, 0.15) is 31.4 Å². The molecule has 0 atom stereocenters. The van der Waals surface area contributed by atoms with Gasteiger partial charge in [-0.2, -0.15) is 0 Å². The molecule has 0 amide bonds. The number of rotatable bonds is 5. The highest BCUT2D eigenvalue weighted by atomic mass is 15.2. The highest BCUT2D eigenvalue weighted by molar-refractivity contribution is 5.66. The molecular weight excluding hydrogens is 248 g/mol. The van der Waals surface area contributed by atoms with Crippen LogP contribution in [0.4, 0.5) is 17.3 Å². The van der Waals surface area contributed by atoms with E-state index in [1.165, 1.54) is 5.56 Å². The first-order valence-corrected chi connectivity index (χ1v) is 7.10. The molecule has 1 aromatic carbocycles. The molecule has 0 radical (unpaired) electrons. The number of hydrogen-bond donors (Lipinski definition) is 1.